The maximum Gasteiger partial charge on any atom is 0.244 e. The molecule has 2 aliphatic heterocycles. The molecule has 4 rings (SSSR count). The van der Waals surface area contributed by atoms with E-state index >= 15 is 0 Å². The number of aromatic nitrogens is 3. The molecule has 2 fully saturated rings. The van der Waals surface area contributed by atoms with E-state index in [4.69, 9.17) is 5.26 Å². The highest BCUT2D eigenvalue weighted by atomic mass is 16.2. The van der Waals surface area contributed by atoms with Crippen LogP contribution in [0.15, 0.2) is 24.3 Å². The fourth-order valence-electron chi connectivity index (χ4n) is 3.75. The molecule has 1 aromatic carbocycles. The van der Waals surface area contributed by atoms with Gasteiger partial charge in [-0.2, -0.15) is 5.26 Å². The lowest BCUT2D eigenvalue weighted by Crippen LogP contribution is -2.57. The van der Waals surface area contributed by atoms with E-state index in [-0.39, 0.29) is 30.3 Å². The average molecular weight is 338 g/mol. The summed E-state index contributed by atoms with van der Waals surface area (Å²) in [5, 5.41) is 20.1. The molecule has 2 aliphatic rings. The second-order valence-corrected chi connectivity index (χ2v) is 6.66. The molecule has 25 heavy (non-hydrogen) atoms. The summed E-state index contributed by atoms with van der Waals surface area (Å²) < 4.78 is 1.62. The Balaban J connectivity index is 1.45. The van der Waals surface area contributed by atoms with Crippen molar-refractivity contribution in [3.8, 4) is 6.07 Å². The normalized spacial score (nSPS) is 26.0. The van der Waals surface area contributed by atoms with Crippen LogP contribution in [-0.2, 0) is 16.1 Å². The van der Waals surface area contributed by atoms with Gasteiger partial charge >= 0.3 is 0 Å². The monoisotopic (exact) mass is 338 g/mol. The van der Waals surface area contributed by atoms with Crippen molar-refractivity contribution in [1.82, 2.24) is 25.2 Å². The number of carbonyl (C=O) groups excluding carboxylic acids is 2. The molecule has 2 aromatic rings. The molecule has 3 unspecified atom stereocenters. The number of nitrogens with zero attached hydrogens (tertiary/aromatic N) is 5. The van der Waals surface area contributed by atoms with Crippen LogP contribution >= 0.6 is 0 Å². The van der Waals surface area contributed by atoms with Crippen LogP contribution in [0, 0.1) is 23.2 Å². The smallest absolute Gasteiger partial charge is 0.244 e. The Morgan fingerprint density at radius 2 is 2.24 bits per heavy atom. The number of amides is 2. The Morgan fingerprint density at radius 3 is 3.08 bits per heavy atom. The molecule has 2 amide bonds. The van der Waals surface area contributed by atoms with Gasteiger partial charge in [-0.25, -0.2) is 4.68 Å². The highest BCUT2D eigenvalue weighted by Crippen LogP contribution is 2.28. The number of rotatable bonds is 2. The van der Waals surface area contributed by atoms with Crippen LogP contribution in [0.25, 0.3) is 11.0 Å². The molecule has 0 spiro atoms. The molecule has 0 bridgehead atoms. The van der Waals surface area contributed by atoms with E-state index in [2.05, 4.69) is 15.6 Å². The van der Waals surface area contributed by atoms with Crippen molar-refractivity contribution < 1.29 is 9.59 Å². The number of carbonyl (C=O) groups is 2. The van der Waals surface area contributed by atoms with Crippen LogP contribution in [0.4, 0.5) is 0 Å². The number of nitriles is 1. The van der Waals surface area contributed by atoms with Crippen molar-refractivity contribution in [2.75, 3.05) is 13.1 Å². The first kappa shape index (κ1) is 15.6. The topological polar surface area (TPSA) is 104 Å². The summed E-state index contributed by atoms with van der Waals surface area (Å²) in [7, 11) is 0. The van der Waals surface area contributed by atoms with Gasteiger partial charge in [0.2, 0.25) is 11.8 Å². The second-order valence-electron chi connectivity index (χ2n) is 6.66. The molecule has 128 valence electrons. The van der Waals surface area contributed by atoms with Gasteiger partial charge in [0.25, 0.3) is 0 Å². The van der Waals surface area contributed by atoms with Crippen LogP contribution in [0.5, 0.6) is 0 Å². The van der Waals surface area contributed by atoms with Crippen molar-refractivity contribution in [3.05, 3.63) is 24.3 Å². The molecule has 8 heteroatoms. The third-order valence-electron chi connectivity index (χ3n) is 5.13. The highest BCUT2D eigenvalue weighted by Gasteiger charge is 2.39. The Kier molecular flexibility index (Phi) is 3.84. The van der Waals surface area contributed by atoms with E-state index in [1.165, 1.54) is 0 Å². The largest absolute Gasteiger partial charge is 0.352 e. The van der Waals surface area contributed by atoms with E-state index in [1.54, 1.807) is 4.68 Å². The van der Waals surface area contributed by atoms with Crippen LogP contribution in [0.2, 0.25) is 0 Å². The van der Waals surface area contributed by atoms with E-state index < -0.39 is 5.92 Å². The predicted octanol–water partition coefficient (Wildman–Crippen LogP) is 0.308. The molecule has 3 heterocycles. The van der Waals surface area contributed by atoms with Gasteiger partial charge in [-0.15, -0.1) is 5.10 Å². The summed E-state index contributed by atoms with van der Waals surface area (Å²) in [5.74, 6) is -0.680. The molecule has 0 aliphatic carbocycles. The minimum Gasteiger partial charge on any atom is -0.352 e. The van der Waals surface area contributed by atoms with Gasteiger partial charge in [-0.1, -0.05) is 17.3 Å². The fourth-order valence-corrected chi connectivity index (χ4v) is 3.75. The van der Waals surface area contributed by atoms with Gasteiger partial charge in [-0.05, 0) is 30.9 Å². The minimum absolute atomic E-state index is 0.0143. The van der Waals surface area contributed by atoms with Gasteiger partial charge in [0.05, 0.1) is 11.6 Å². The second kappa shape index (κ2) is 6.16. The molecule has 3 atom stereocenters. The lowest BCUT2D eigenvalue weighted by molar-refractivity contribution is -0.136. The maximum atomic E-state index is 12.7. The number of hydrogen-bond donors (Lipinski definition) is 1. The van der Waals surface area contributed by atoms with E-state index in [0.717, 1.165) is 17.5 Å². The number of piperidine rings is 2. The Morgan fingerprint density at radius 1 is 1.40 bits per heavy atom. The Bertz CT molecular complexity index is 869. The van der Waals surface area contributed by atoms with E-state index in [9.17, 15) is 9.59 Å². The van der Waals surface area contributed by atoms with Crippen LogP contribution in [0.1, 0.15) is 12.8 Å². The molecule has 0 radical (unpaired) electrons. The van der Waals surface area contributed by atoms with Crippen molar-refractivity contribution in [2.24, 2.45) is 11.8 Å². The molecule has 1 aromatic heterocycles. The van der Waals surface area contributed by atoms with Gasteiger partial charge in [0, 0.05) is 19.1 Å². The van der Waals surface area contributed by atoms with Crippen molar-refractivity contribution in [2.45, 2.75) is 25.4 Å². The van der Waals surface area contributed by atoms with Gasteiger partial charge < -0.3 is 10.2 Å². The quantitative estimate of drug-likeness (QED) is 0.848. The third kappa shape index (κ3) is 2.82. The van der Waals surface area contributed by atoms with Crippen LogP contribution in [-0.4, -0.2) is 50.8 Å². The molecule has 0 saturated carbocycles. The SMILES string of the molecule is N#CC1CC2CN(C(=O)Cn3nnc4ccccc43)CCC2NC1=O. The zero-order valence-corrected chi connectivity index (χ0v) is 13.6. The van der Waals surface area contributed by atoms with Crippen molar-refractivity contribution >= 4 is 22.8 Å². The minimum atomic E-state index is -0.615. The van der Waals surface area contributed by atoms with Crippen LogP contribution < -0.4 is 5.32 Å². The van der Waals surface area contributed by atoms with Gasteiger partial charge in [-0.3, -0.25) is 9.59 Å². The number of likely N-dealkylation sites (tertiary alicyclic amines) is 1. The number of hydrogen-bond acceptors (Lipinski definition) is 5. The molecular formula is C17H18N6O2. The lowest BCUT2D eigenvalue weighted by atomic mass is 9.80. The number of fused-ring (bicyclic) bond motifs is 2. The Labute approximate surface area is 144 Å². The molecule has 8 nitrogen and oxygen atoms in total. The first-order valence-corrected chi connectivity index (χ1v) is 8.41. The summed E-state index contributed by atoms with van der Waals surface area (Å²) in [6.07, 6.45) is 1.24. The van der Waals surface area contributed by atoms with E-state index in [1.807, 2.05) is 35.2 Å². The van der Waals surface area contributed by atoms with Crippen LogP contribution in [0.3, 0.4) is 0 Å². The number of para-hydroxylation sites is 1. The summed E-state index contributed by atoms with van der Waals surface area (Å²) in [6.45, 7) is 1.31. The van der Waals surface area contributed by atoms with Gasteiger partial charge in [0.1, 0.15) is 18.0 Å². The molecular weight excluding hydrogens is 320 g/mol. The predicted molar refractivity (Wildman–Crippen MR) is 87.9 cm³/mol. The number of nitrogens with one attached hydrogen (secondary N) is 1. The lowest BCUT2D eigenvalue weighted by Gasteiger charge is -2.42. The third-order valence-corrected chi connectivity index (χ3v) is 5.13. The first-order valence-electron chi connectivity index (χ1n) is 8.41. The highest BCUT2D eigenvalue weighted by molar-refractivity contribution is 5.83. The summed E-state index contributed by atoms with van der Waals surface area (Å²) in [4.78, 5) is 26.3. The molecule has 1 N–H and O–H groups in total. The molecule has 2 saturated heterocycles. The maximum absolute atomic E-state index is 12.7. The van der Waals surface area contributed by atoms with Crippen molar-refractivity contribution in [3.63, 3.8) is 0 Å². The standard InChI is InChI=1S/C17H18N6O2/c18-8-11-7-12-9-22(6-5-13(12)19-17(11)25)16(24)10-23-15-4-2-1-3-14(15)20-21-23/h1-4,11-13H,5-7,9-10H2,(H,19,25). The fraction of sp³-hybridized carbons (Fsp3) is 0.471. The zero-order valence-electron chi connectivity index (χ0n) is 13.6. The van der Waals surface area contributed by atoms with E-state index in [0.29, 0.717) is 19.5 Å². The van der Waals surface area contributed by atoms with Gasteiger partial charge in [0.15, 0.2) is 0 Å². The first-order chi connectivity index (χ1) is 12.2. The average Bonchev–Trinajstić information content (AvgIpc) is 3.04. The summed E-state index contributed by atoms with van der Waals surface area (Å²) in [5.41, 5.74) is 1.60. The number of benzene rings is 1. The van der Waals surface area contributed by atoms with Crippen molar-refractivity contribution in [1.29, 1.82) is 5.26 Å². The summed E-state index contributed by atoms with van der Waals surface area (Å²) >= 11 is 0. The zero-order chi connectivity index (χ0) is 17.4. The Hall–Kier alpha value is -2.95. The summed E-state index contributed by atoms with van der Waals surface area (Å²) in [6, 6.07) is 9.65.